The summed E-state index contributed by atoms with van der Waals surface area (Å²) in [5.41, 5.74) is 1.80. The standard InChI is InChI=1S/C21H28N4O3/c26-20(19-15-18(23-28-19)16-7-3-1-4-8-16)24-11-13-25(14-12-24)21(27)22-17-9-5-2-6-10-17/h1,3-4,7-8,17,19H,2,5-6,9-15H2,(H,22,27)/t19-/m1/s1. The van der Waals surface area contributed by atoms with E-state index in [0.717, 1.165) is 24.1 Å². The van der Waals surface area contributed by atoms with Gasteiger partial charge in [0.2, 0.25) is 6.10 Å². The normalized spacial score (nSPS) is 23.1. The van der Waals surface area contributed by atoms with E-state index in [1.807, 2.05) is 35.2 Å². The van der Waals surface area contributed by atoms with Gasteiger partial charge in [0, 0.05) is 38.6 Å². The van der Waals surface area contributed by atoms with Gasteiger partial charge in [0.05, 0.1) is 5.71 Å². The maximum Gasteiger partial charge on any atom is 0.317 e. The number of rotatable bonds is 3. The Morgan fingerprint density at radius 3 is 2.36 bits per heavy atom. The molecule has 4 rings (SSSR count). The molecule has 0 unspecified atom stereocenters. The first kappa shape index (κ1) is 18.8. The quantitative estimate of drug-likeness (QED) is 0.869. The molecule has 2 fully saturated rings. The number of carbonyl (C=O) groups excluding carboxylic acids is 2. The highest BCUT2D eigenvalue weighted by molar-refractivity contribution is 6.04. The Labute approximate surface area is 165 Å². The van der Waals surface area contributed by atoms with Gasteiger partial charge >= 0.3 is 6.03 Å². The van der Waals surface area contributed by atoms with Crippen LogP contribution in [0.4, 0.5) is 4.79 Å². The van der Waals surface area contributed by atoms with Crippen molar-refractivity contribution >= 4 is 17.6 Å². The van der Waals surface area contributed by atoms with Crippen molar-refractivity contribution in [2.24, 2.45) is 5.16 Å². The first-order valence-corrected chi connectivity index (χ1v) is 10.3. The van der Waals surface area contributed by atoms with Gasteiger partial charge in [-0.25, -0.2) is 4.79 Å². The second-order valence-electron chi connectivity index (χ2n) is 7.80. The third-order valence-electron chi connectivity index (χ3n) is 5.86. The molecule has 150 valence electrons. The van der Waals surface area contributed by atoms with E-state index in [1.165, 1.54) is 19.3 Å². The van der Waals surface area contributed by atoms with Crippen LogP contribution in [0.1, 0.15) is 44.1 Å². The largest absolute Gasteiger partial charge is 0.382 e. The van der Waals surface area contributed by atoms with Crippen LogP contribution in [-0.2, 0) is 9.63 Å². The van der Waals surface area contributed by atoms with Crippen LogP contribution in [0.25, 0.3) is 0 Å². The Morgan fingerprint density at radius 2 is 1.64 bits per heavy atom. The molecular weight excluding hydrogens is 356 g/mol. The molecule has 3 aliphatic rings. The highest BCUT2D eigenvalue weighted by atomic mass is 16.6. The summed E-state index contributed by atoms with van der Waals surface area (Å²) in [5.74, 6) is -0.0398. The first-order valence-electron chi connectivity index (χ1n) is 10.3. The molecular formula is C21H28N4O3. The summed E-state index contributed by atoms with van der Waals surface area (Å²) in [6, 6.07) is 10.1. The average Bonchev–Trinajstić information content (AvgIpc) is 3.25. The number of urea groups is 1. The number of nitrogens with one attached hydrogen (secondary N) is 1. The fraction of sp³-hybridized carbons (Fsp3) is 0.571. The number of hydrogen-bond acceptors (Lipinski definition) is 4. The topological polar surface area (TPSA) is 74.2 Å². The number of amides is 3. The highest BCUT2D eigenvalue weighted by Gasteiger charge is 2.34. The number of hydrogen-bond donors (Lipinski definition) is 1. The molecule has 0 aromatic heterocycles. The predicted molar refractivity (Wildman–Crippen MR) is 106 cm³/mol. The van der Waals surface area contributed by atoms with Crippen molar-refractivity contribution in [3.05, 3.63) is 35.9 Å². The predicted octanol–water partition coefficient (Wildman–Crippen LogP) is 2.37. The highest BCUT2D eigenvalue weighted by Crippen LogP contribution is 2.20. The van der Waals surface area contributed by atoms with Crippen LogP contribution >= 0.6 is 0 Å². The number of benzene rings is 1. The van der Waals surface area contributed by atoms with Gasteiger partial charge in [0.15, 0.2) is 0 Å². The molecule has 1 aromatic carbocycles. The van der Waals surface area contributed by atoms with E-state index in [4.69, 9.17) is 4.84 Å². The van der Waals surface area contributed by atoms with E-state index in [2.05, 4.69) is 10.5 Å². The molecule has 1 saturated carbocycles. The van der Waals surface area contributed by atoms with Crippen molar-refractivity contribution in [1.29, 1.82) is 0 Å². The van der Waals surface area contributed by atoms with Crippen molar-refractivity contribution in [3.63, 3.8) is 0 Å². The Balaban J connectivity index is 1.24. The van der Waals surface area contributed by atoms with Gasteiger partial charge in [-0.15, -0.1) is 0 Å². The molecule has 28 heavy (non-hydrogen) atoms. The van der Waals surface area contributed by atoms with E-state index < -0.39 is 6.10 Å². The lowest BCUT2D eigenvalue weighted by Gasteiger charge is -2.36. The summed E-state index contributed by atoms with van der Waals surface area (Å²) in [6.07, 6.45) is 5.75. The lowest BCUT2D eigenvalue weighted by Crippen LogP contribution is -2.56. The summed E-state index contributed by atoms with van der Waals surface area (Å²) >= 11 is 0. The minimum absolute atomic E-state index is 0.00538. The van der Waals surface area contributed by atoms with E-state index in [0.29, 0.717) is 38.6 Å². The second-order valence-corrected chi connectivity index (χ2v) is 7.80. The molecule has 1 N–H and O–H groups in total. The second kappa shape index (κ2) is 8.63. The molecule has 0 bridgehead atoms. The summed E-state index contributed by atoms with van der Waals surface area (Å²) in [7, 11) is 0. The van der Waals surface area contributed by atoms with Gasteiger partial charge < -0.3 is 20.0 Å². The van der Waals surface area contributed by atoms with Crippen molar-refractivity contribution in [2.45, 2.75) is 50.7 Å². The summed E-state index contributed by atoms with van der Waals surface area (Å²) < 4.78 is 0. The van der Waals surface area contributed by atoms with Crippen molar-refractivity contribution in [3.8, 4) is 0 Å². The van der Waals surface area contributed by atoms with Crippen LogP contribution in [-0.4, -0.2) is 65.8 Å². The van der Waals surface area contributed by atoms with Gasteiger partial charge in [-0.1, -0.05) is 54.8 Å². The third kappa shape index (κ3) is 4.29. The molecule has 2 heterocycles. The Morgan fingerprint density at radius 1 is 0.964 bits per heavy atom. The van der Waals surface area contributed by atoms with Crippen molar-refractivity contribution in [1.82, 2.24) is 15.1 Å². The fourth-order valence-electron chi connectivity index (χ4n) is 4.16. The van der Waals surface area contributed by atoms with Crippen molar-refractivity contribution in [2.75, 3.05) is 26.2 Å². The average molecular weight is 384 g/mol. The van der Waals surface area contributed by atoms with Crippen LogP contribution in [0, 0.1) is 0 Å². The van der Waals surface area contributed by atoms with Gasteiger partial charge in [-0.05, 0) is 18.4 Å². The molecule has 0 radical (unpaired) electrons. The summed E-state index contributed by atoms with van der Waals surface area (Å²) in [6.45, 7) is 2.20. The van der Waals surface area contributed by atoms with E-state index in [-0.39, 0.29) is 11.9 Å². The fourth-order valence-corrected chi connectivity index (χ4v) is 4.16. The molecule has 1 aromatic rings. The monoisotopic (exact) mass is 384 g/mol. The Hall–Kier alpha value is -2.57. The summed E-state index contributed by atoms with van der Waals surface area (Å²) in [5, 5.41) is 7.26. The summed E-state index contributed by atoms with van der Waals surface area (Å²) in [4.78, 5) is 34.3. The maximum absolute atomic E-state index is 12.8. The number of piperazine rings is 1. The molecule has 1 atom stereocenters. The van der Waals surface area contributed by atoms with Crippen LogP contribution in [0.2, 0.25) is 0 Å². The molecule has 1 aliphatic carbocycles. The smallest absolute Gasteiger partial charge is 0.317 e. The van der Waals surface area contributed by atoms with Gasteiger partial charge in [-0.2, -0.15) is 0 Å². The zero-order chi connectivity index (χ0) is 19.3. The van der Waals surface area contributed by atoms with Crippen LogP contribution in [0.3, 0.4) is 0 Å². The van der Waals surface area contributed by atoms with E-state index in [9.17, 15) is 9.59 Å². The van der Waals surface area contributed by atoms with Gasteiger partial charge in [0.25, 0.3) is 5.91 Å². The SMILES string of the molecule is O=C(NC1CCCCC1)N1CCN(C(=O)[C@H]2CC(c3ccccc3)=NO2)CC1. The number of carbonyl (C=O) groups is 2. The number of oxime groups is 1. The van der Waals surface area contributed by atoms with Crippen molar-refractivity contribution < 1.29 is 14.4 Å². The zero-order valence-electron chi connectivity index (χ0n) is 16.2. The van der Waals surface area contributed by atoms with Crippen LogP contribution in [0.15, 0.2) is 35.5 Å². The lowest BCUT2D eigenvalue weighted by atomic mass is 9.96. The molecule has 0 spiro atoms. The van der Waals surface area contributed by atoms with E-state index >= 15 is 0 Å². The zero-order valence-corrected chi connectivity index (χ0v) is 16.2. The minimum atomic E-state index is -0.558. The van der Waals surface area contributed by atoms with Gasteiger partial charge in [-0.3, -0.25) is 4.79 Å². The maximum atomic E-state index is 12.8. The first-order chi connectivity index (χ1) is 13.7. The number of nitrogens with zero attached hydrogens (tertiary/aromatic N) is 3. The Kier molecular flexibility index (Phi) is 5.78. The van der Waals surface area contributed by atoms with Crippen LogP contribution in [0.5, 0.6) is 0 Å². The molecule has 1 saturated heterocycles. The molecule has 7 nitrogen and oxygen atoms in total. The Bertz CT molecular complexity index is 722. The molecule has 2 aliphatic heterocycles. The van der Waals surface area contributed by atoms with E-state index in [1.54, 1.807) is 4.90 Å². The lowest BCUT2D eigenvalue weighted by molar-refractivity contribution is -0.143. The minimum Gasteiger partial charge on any atom is -0.382 e. The third-order valence-corrected chi connectivity index (χ3v) is 5.86. The van der Waals surface area contributed by atoms with Crippen LogP contribution < -0.4 is 5.32 Å². The van der Waals surface area contributed by atoms with Gasteiger partial charge in [0.1, 0.15) is 0 Å². The molecule has 7 heteroatoms. The molecule has 3 amide bonds.